The maximum atomic E-state index is 13.9. The summed E-state index contributed by atoms with van der Waals surface area (Å²) in [5, 5.41) is 2.98. The number of nitrogens with one attached hydrogen (secondary N) is 1. The van der Waals surface area contributed by atoms with Gasteiger partial charge in [-0.3, -0.25) is 13.9 Å². The summed E-state index contributed by atoms with van der Waals surface area (Å²) >= 11 is 0. The molecule has 0 aliphatic carbocycles. The maximum Gasteiger partial charge on any atom is 0.244 e. The van der Waals surface area contributed by atoms with Crippen molar-refractivity contribution in [3.05, 3.63) is 95.6 Å². The van der Waals surface area contributed by atoms with E-state index in [1.165, 1.54) is 4.90 Å². The van der Waals surface area contributed by atoms with E-state index in [0.29, 0.717) is 24.5 Å². The van der Waals surface area contributed by atoms with Crippen LogP contribution in [-0.4, -0.2) is 50.0 Å². The predicted molar refractivity (Wildman–Crippen MR) is 163 cm³/mol. The predicted octanol–water partition coefficient (Wildman–Crippen LogP) is 5.06. The molecule has 0 heterocycles. The summed E-state index contributed by atoms with van der Waals surface area (Å²) < 4.78 is 32.7. The molecule has 8 nitrogen and oxygen atoms in total. The third-order valence-electron chi connectivity index (χ3n) is 7.04. The van der Waals surface area contributed by atoms with E-state index < -0.39 is 28.5 Å². The minimum atomic E-state index is -3.83. The normalized spacial score (nSPS) is 12.7. The monoisotopic (exact) mass is 579 g/mol. The maximum absolute atomic E-state index is 13.9. The Morgan fingerprint density at radius 3 is 2.12 bits per heavy atom. The van der Waals surface area contributed by atoms with Crippen molar-refractivity contribution < 1.29 is 22.7 Å². The van der Waals surface area contributed by atoms with Gasteiger partial charge in [0.2, 0.25) is 21.8 Å². The lowest BCUT2D eigenvalue weighted by atomic mass is 10.1. The van der Waals surface area contributed by atoms with Crippen LogP contribution in [0, 0.1) is 6.92 Å². The zero-order chi connectivity index (χ0) is 30.0. The first-order chi connectivity index (χ1) is 19.5. The number of amides is 2. The van der Waals surface area contributed by atoms with Crippen LogP contribution in [0.15, 0.2) is 78.9 Å². The van der Waals surface area contributed by atoms with Gasteiger partial charge in [0, 0.05) is 12.6 Å². The van der Waals surface area contributed by atoms with Crippen molar-refractivity contribution >= 4 is 27.5 Å². The molecule has 3 aromatic rings. The van der Waals surface area contributed by atoms with Crippen LogP contribution in [0.25, 0.3) is 0 Å². The molecule has 3 rings (SSSR count). The third kappa shape index (κ3) is 9.08. The number of aryl methyl sites for hydroxylation is 1. The summed E-state index contributed by atoms with van der Waals surface area (Å²) in [6, 6.07) is 23.2. The van der Waals surface area contributed by atoms with Crippen LogP contribution < -0.4 is 14.4 Å². The smallest absolute Gasteiger partial charge is 0.244 e. The van der Waals surface area contributed by atoms with Gasteiger partial charge in [-0.1, -0.05) is 68.4 Å². The molecule has 0 aliphatic heterocycles. The van der Waals surface area contributed by atoms with Crippen LogP contribution in [0.4, 0.5) is 5.69 Å². The zero-order valence-electron chi connectivity index (χ0n) is 24.5. The van der Waals surface area contributed by atoms with Crippen molar-refractivity contribution in [3.8, 4) is 5.75 Å². The highest BCUT2D eigenvalue weighted by atomic mass is 32.2. The van der Waals surface area contributed by atoms with Crippen LogP contribution in [0.5, 0.6) is 5.75 Å². The average Bonchev–Trinajstić information content (AvgIpc) is 2.95. The lowest BCUT2D eigenvalue weighted by Gasteiger charge is -2.33. The van der Waals surface area contributed by atoms with Crippen LogP contribution in [0.1, 0.15) is 50.3 Å². The number of carbonyl (C=O) groups excluding carboxylic acids is 2. The number of nitrogens with zero attached hydrogens (tertiary/aromatic N) is 2. The van der Waals surface area contributed by atoms with E-state index in [4.69, 9.17) is 4.74 Å². The van der Waals surface area contributed by atoms with Gasteiger partial charge in [-0.15, -0.1) is 0 Å². The number of benzene rings is 3. The molecule has 9 heteroatoms. The Kier molecular flexibility index (Phi) is 11.3. The molecule has 0 saturated carbocycles. The minimum Gasteiger partial charge on any atom is -0.489 e. The number of hydrogen-bond acceptors (Lipinski definition) is 5. The molecule has 41 heavy (non-hydrogen) atoms. The van der Waals surface area contributed by atoms with E-state index in [0.717, 1.165) is 33.7 Å². The molecular weight excluding hydrogens is 538 g/mol. The molecule has 0 aliphatic rings. The quantitative estimate of drug-likeness (QED) is 0.288. The minimum absolute atomic E-state index is 0.0536. The first kappa shape index (κ1) is 31.7. The number of hydrogen-bond donors (Lipinski definition) is 1. The van der Waals surface area contributed by atoms with Crippen molar-refractivity contribution in [3.63, 3.8) is 0 Å². The Hall–Kier alpha value is -3.85. The van der Waals surface area contributed by atoms with Gasteiger partial charge in [-0.25, -0.2) is 8.42 Å². The lowest BCUT2D eigenvalue weighted by Crippen LogP contribution is -2.53. The van der Waals surface area contributed by atoms with E-state index in [2.05, 4.69) is 5.32 Å². The van der Waals surface area contributed by atoms with Gasteiger partial charge in [0.05, 0.1) is 11.9 Å². The Labute approximate surface area is 244 Å². The zero-order valence-corrected chi connectivity index (χ0v) is 25.4. The molecule has 0 radical (unpaired) electrons. The Bertz CT molecular complexity index is 1390. The topological polar surface area (TPSA) is 96.0 Å². The van der Waals surface area contributed by atoms with Crippen molar-refractivity contribution in [1.29, 1.82) is 0 Å². The largest absolute Gasteiger partial charge is 0.489 e. The van der Waals surface area contributed by atoms with Crippen molar-refractivity contribution in [2.45, 2.75) is 65.8 Å². The number of anilines is 1. The van der Waals surface area contributed by atoms with Gasteiger partial charge >= 0.3 is 0 Å². The van der Waals surface area contributed by atoms with Crippen molar-refractivity contribution in [2.24, 2.45) is 0 Å². The number of carbonyl (C=O) groups is 2. The molecule has 0 saturated heterocycles. The summed E-state index contributed by atoms with van der Waals surface area (Å²) in [5.41, 5.74) is 3.22. The molecule has 0 spiro atoms. The van der Waals surface area contributed by atoms with E-state index in [9.17, 15) is 18.0 Å². The van der Waals surface area contributed by atoms with Gasteiger partial charge < -0.3 is 15.0 Å². The van der Waals surface area contributed by atoms with Gasteiger partial charge in [0.25, 0.3) is 0 Å². The average molecular weight is 580 g/mol. The fraction of sp³-hybridized carbons (Fsp3) is 0.375. The van der Waals surface area contributed by atoms with Gasteiger partial charge in [0.1, 0.15) is 24.9 Å². The summed E-state index contributed by atoms with van der Waals surface area (Å²) in [4.78, 5) is 28.7. The van der Waals surface area contributed by atoms with E-state index >= 15 is 0 Å². The second kappa shape index (κ2) is 14.7. The highest BCUT2D eigenvalue weighted by Crippen LogP contribution is 2.24. The van der Waals surface area contributed by atoms with Crippen LogP contribution >= 0.6 is 0 Å². The van der Waals surface area contributed by atoms with E-state index in [1.807, 2.05) is 82.3 Å². The fourth-order valence-electron chi connectivity index (χ4n) is 4.39. The van der Waals surface area contributed by atoms with Crippen LogP contribution in [-0.2, 0) is 32.8 Å². The standard InChI is InChI=1S/C32H41N3O5S/c1-6-25(4)33-32(37)30(7-2)34(21-27-16-12-11-13-24(27)3)31(36)22-35(41(5,38)39)28-17-19-29(20-18-28)40-23-26-14-9-8-10-15-26/h8-20,25,30H,6-7,21-23H2,1-5H3,(H,33,37)/t25-,30-/m1/s1. The summed E-state index contributed by atoms with van der Waals surface area (Å²) in [5.74, 6) is -0.143. The number of sulfonamides is 1. The highest BCUT2D eigenvalue weighted by Gasteiger charge is 2.32. The second-order valence-electron chi connectivity index (χ2n) is 10.2. The lowest BCUT2D eigenvalue weighted by molar-refractivity contribution is -0.140. The fourth-order valence-corrected chi connectivity index (χ4v) is 5.24. The number of rotatable bonds is 14. The Morgan fingerprint density at radius 2 is 1.54 bits per heavy atom. The first-order valence-corrected chi connectivity index (χ1v) is 15.8. The van der Waals surface area contributed by atoms with E-state index in [-0.39, 0.29) is 18.5 Å². The third-order valence-corrected chi connectivity index (χ3v) is 8.18. The molecule has 0 bridgehead atoms. The van der Waals surface area contributed by atoms with E-state index in [1.54, 1.807) is 24.3 Å². The van der Waals surface area contributed by atoms with Gasteiger partial charge in [0.15, 0.2) is 0 Å². The van der Waals surface area contributed by atoms with Crippen LogP contribution in [0.2, 0.25) is 0 Å². The molecule has 0 aromatic heterocycles. The molecule has 220 valence electrons. The molecule has 1 N–H and O–H groups in total. The van der Waals surface area contributed by atoms with Gasteiger partial charge in [-0.2, -0.15) is 0 Å². The Balaban J connectivity index is 1.86. The molecule has 0 fully saturated rings. The van der Waals surface area contributed by atoms with Crippen molar-refractivity contribution in [1.82, 2.24) is 10.2 Å². The Morgan fingerprint density at radius 1 is 0.902 bits per heavy atom. The summed E-state index contributed by atoms with van der Waals surface area (Å²) in [7, 11) is -3.83. The first-order valence-electron chi connectivity index (χ1n) is 13.9. The molecule has 2 amide bonds. The summed E-state index contributed by atoms with van der Waals surface area (Å²) in [6.07, 6.45) is 2.20. The van der Waals surface area contributed by atoms with Crippen molar-refractivity contribution in [2.75, 3.05) is 17.1 Å². The molecule has 3 aromatic carbocycles. The highest BCUT2D eigenvalue weighted by molar-refractivity contribution is 7.92. The molecule has 2 atom stereocenters. The molecule has 0 unspecified atom stereocenters. The summed E-state index contributed by atoms with van der Waals surface area (Å²) in [6.45, 7) is 7.80. The van der Waals surface area contributed by atoms with Crippen LogP contribution in [0.3, 0.4) is 0 Å². The second-order valence-corrected chi connectivity index (χ2v) is 12.1. The SMILES string of the molecule is CC[C@@H](C)NC(=O)[C@@H](CC)N(Cc1ccccc1C)C(=O)CN(c1ccc(OCc2ccccc2)cc1)S(C)(=O)=O. The number of ether oxygens (including phenoxy) is 1. The van der Waals surface area contributed by atoms with Gasteiger partial charge in [-0.05, 0) is 67.6 Å². The molecular formula is C32H41N3O5S.